The van der Waals surface area contributed by atoms with E-state index in [9.17, 15) is 4.79 Å². The largest absolute Gasteiger partial charge is 0.499 e. The van der Waals surface area contributed by atoms with Gasteiger partial charge in [-0.15, -0.1) is 11.3 Å². The molecule has 9 heavy (non-hydrogen) atoms. The number of rotatable bonds is 1. The molecule has 0 unspecified atom stereocenters. The SMILES string of the molecule is O=C(O)c1csc(O)c1. The number of thiophene rings is 1. The summed E-state index contributed by atoms with van der Waals surface area (Å²) in [6.45, 7) is 0. The smallest absolute Gasteiger partial charge is 0.336 e. The Labute approximate surface area is 55.2 Å². The van der Waals surface area contributed by atoms with E-state index in [0.717, 1.165) is 11.3 Å². The van der Waals surface area contributed by atoms with Crippen molar-refractivity contribution in [3.63, 3.8) is 0 Å². The number of hydrogen-bond donors (Lipinski definition) is 2. The maximum absolute atomic E-state index is 10.1. The minimum Gasteiger partial charge on any atom is -0.499 e. The lowest BCUT2D eigenvalue weighted by molar-refractivity contribution is 0.0697. The zero-order valence-corrected chi connectivity index (χ0v) is 5.18. The molecule has 0 saturated heterocycles. The first-order valence-electron chi connectivity index (χ1n) is 2.21. The molecule has 0 aliphatic carbocycles. The van der Waals surface area contributed by atoms with Gasteiger partial charge in [-0.2, -0.15) is 0 Å². The van der Waals surface area contributed by atoms with Crippen molar-refractivity contribution in [2.75, 3.05) is 0 Å². The Morgan fingerprint density at radius 1 is 1.67 bits per heavy atom. The molecule has 1 aromatic heterocycles. The summed E-state index contributed by atoms with van der Waals surface area (Å²) in [6, 6.07) is 1.22. The lowest BCUT2D eigenvalue weighted by Gasteiger charge is -1.79. The minimum absolute atomic E-state index is 0.0346. The highest BCUT2D eigenvalue weighted by Gasteiger charge is 2.03. The van der Waals surface area contributed by atoms with E-state index < -0.39 is 5.97 Å². The highest BCUT2D eigenvalue weighted by molar-refractivity contribution is 7.12. The van der Waals surface area contributed by atoms with Crippen molar-refractivity contribution in [2.24, 2.45) is 0 Å². The van der Waals surface area contributed by atoms with Crippen molar-refractivity contribution in [1.82, 2.24) is 0 Å². The van der Waals surface area contributed by atoms with Gasteiger partial charge >= 0.3 is 5.97 Å². The summed E-state index contributed by atoms with van der Waals surface area (Å²) < 4.78 is 0. The molecule has 0 atom stereocenters. The van der Waals surface area contributed by atoms with Crippen LogP contribution < -0.4 is 0 Å². The summed E-state index contributed by atoms with van der Waals surface area (Å²) in [4.78, 5) is 10.1. The molecule has 0 bridgehead atoms. The van der Waals surface area contributed by atoms with Crippen LogP contribution >= 0.6 is 11.3 Å². The number of carboxylic acids is 1. The third-order valence-electron chi connectivity index (χ3n) is 0.833. The number of aromatic carboxylic acids is 1. The van der Waals surface area contributed by atoms with Crippen LogP contribution in [-0.2, 0) is 0 Å². The highest BCUT2D eigenvalue weighted by Crippen LogP contribution is 2.20. The molecule has 0 amide bonds. The molecule has 0 fully saturated rings. The Morgan fingerprint density at radius 3 is 2.56 bits per heavy atom. The van der Waals surface area contributed by atoms with Gasteiger partial charge in [0.05, 0.1) is 5.56 Å². The molecule has 3 nitrogen and oxygen atoms in total. The first kappa shape index (κ1) is 6.10. The average molecular weight is 144 g/mol. The lowest BCUT2D eigenvalue weighted by Crippen LogP contribution is -1.90. The second-order valence-electron chi connectivity index (χ2n) is 1.48. The van der Waals surface area contributed by atoms with Crippen LogP contribution in [0.25, 0.3) is 0 Å². The molecular formula is C5H4O3S. The summed E-state index contributed by atoms with van der Waals surface area (Å²) in [5.74, 6) is -1.01. The van der Waals surface area contributed by atoms with Crippen molar-refractivity contribution in [3.05, 3.63) is 17.0 Å². The van der Waals surface area contributed by atoms with Gasteiger partial charge < -0.3 is 10.2 Å². The van der Waals surface area contributed by atoms with Crippen molar-refractivity contribution in [2.45, 2.75) is 0 Å². The van der Waals surface area contributed by atoms with E-state index >= 15 is 0 Å². The van der Waals surface area contributed by atoms with Crippen molar-refractivity contribution < 1.29 is 15.0 Å². The Kier molecular flexibility index (Phi) is 1.40. The van der Waals surface area contributed by atoms with Gasteiger partial charge in [-0.05, 0) is 0 Å². The Bertz CT molecular complexity index is 228. The topological polar surface area (TPSA) is 57.5 Å². The highest BCUT2D eigenvalue weighted by atomic mass is 32.1. The molecular weight excluding hydrogens is 140 g/mol. The monoisotopic (exact) mass is 144 g/mol. The molecule has 2 N–H and O–H groups in total. The quantitative estimate of drug-likeness (QED) is 0.621. The second kappa shape index (κ2) is 2.06. The van der Waals surface area contributed by atoms with Crippen LogP contribution in [0.5, 0.6) is 5.06 Å². The van der Waals surface area contributed by atoms with Crippen LogP contribution in [0.4, 0.5) is 0 Å². The Hall–Kier alpha value is -1.03. The van der Waals surface area contributed by atoms with Gasteiger partial charge in [0.25, 0.3) is 0 Å². The lowest BCUT2D eigenvalue weighted by atomic mass is 10.3. The molecule has 1 aromatic rings. The summed E-state index contributed by atoms with van der Waals surface area (Å²) in [7, 11) is 0. The van der Waals surface area contributed by atoms with E-state index in [1.807, 2.05) is 0 Å². The average Bonchev–Trinajstić information content (AvgIpc) is 2.14. The van der Waals surface area contributed by atoms with E-state index in [4.69, 9.17) is 10.2 Å². The number of carboxylic acid groups (broad SMARTS) is 1. The number of hydrogen-bond acceptors (Lipinski definition) is 3. The number of carbonyl (C=O) groups is 1. The van der Waals surface area contributed by atoms with E-state index in [1.165, 1.54) is 11.4 Å². The predicted molar refractivity (Wildman–Crippen MR) is 32.9 cm³/mol. The molecule has 48 valence electrons. The summed E-state index contributed by atoms with van der Waals surface area (Å²) in [6.07, 6.45) is 0. The third-order valence-corrected chi connectivity index (χ3v) is 1.56. The van der Waals surface area contributed by atoms with Crippen LogP contribution in [0.3, 0.4) is 0 Å². The fourth-order valence-electron chi connectivity index (χ4n) is 0.437. The van der Waals surface area contributed by atoms with Gasteiger partial charge in [-0.3, -0.25) is 0 Å². The van der Waals surface area contributed by atoms with Crippen LogP contribution in [0.15, 0.2) is 11.4 Å². The third kappa shape index (κ3) is 1.20. The van der Waals surface area contributed by atoms with Crippen LogP contribution in [0.1, 0.15) is 10.4 Å². The molecule has 0 aliphatic rings. The molecule has 1 rings (SSSR count). The van der Waals surface area contributed by atoms with Gasteiger partial charge in [0.1, 0.15) is 0 Å². The fraction of sp³-hybridized carbons (Fsp3) is 0. The molecule has 4 heteroatoms. The maximum atomic E-state index is 10.1. The van der Waals surface area contributed by atoms with Gasteiger partial charge in [0.15, 0.2) is 5.06 Å². The van der Waals surface area contributed by atoms with E-state index in [-0.39, 0.29) is 10.6 Å². The first-order valence-corrected chi connectivity index (χ1v) is 3.09. The predicted octanol–water partition coefficient (Wildman–Crippen LogP) is 1.15. The Morgan fingerprint density at radius 2 is 2.33 bits per heavy atom. The van der Waals surface area contributed by atoms with Crippen LogP contribution in [-0.4, -0.2) is 16.2 Å². The van der Waals surface area contributed by atoms with Gasteiger partial charge in [-0.25, -0.2) is 4.79 Å². The van der Waals surface area contributed by atoms with E-state index in [0.29, 0.717) is 0 Å². The molecule has 1 heterocycles. The Balaban J connectivity index is 2.98. The number of aromatic hydroxyl groups is 1. The molecule has 0 aliphatic heterocycles. The molecule has 0 radical (unpaired) electrons. The molecule has 0 saturated carbocycles. The molecule has 0 spiro atoms. The summed E-state index contributed by atoms with van der Waals surface area (Å²) in [5, 5.41) is 18.4. The zero-order valence-electron chi connectivity index (χ0n) is 4.37. The van der Waals surface area contributed by atoms with Crippen LogP contribution in [0.2, 0.25) is 0 Å². The maximum Gasteiger partial charge on any atom is 0.336 e. The van der Waals surface area contributed by atoms with Crippen molar-refractivity contribution >= 4 is 17.3 Å². The summed E-state index contributed by atoms with van der Waals surface area (Å²) >= 11 is 1.01. The van der Waals surface area contributed by atoms with Crippen molar-refractivity contribution in [1.29, 1.82) is 0 Å². The first-order chi connectivity index (χ1) is 4.20. The zero-order chi connectivity index (χ0) is 6.85. The fourth-order valence-corrected chi connectivity index (χ4v) is 1.05. The van der Waals surface area contributed by atoms with E-state index in [1.54, 1.807) is 0 Å². The van der Waals surface area contributed by atoms with E-state index in [2.05, 4.69) is 0 Å². The van der Waals surface area contributed by atoms with Crippen LogP contribution in [0, 0.1) is 0 Å². The van der Waals surface area contributed by atoms with Gasteiger partial charge in [0.2, 0.25) is 0 Å². The standard InChI is InChI=1S/C5H4O3S/c6-4-1-3(2-9-4)5(7)8/h1-2,6H,(H,7,8). The second-order valence-corrected chi connectivity index (χ2v) is 2.37. The van der Waals surface area contributed by atoms with Gasteiger partial charge in [0, 0.05) is 11.4 Å². The van der Waals surface area contributed by atoms with Crippen molar-refractivity contribution in [3.8, 4) is 5.06 Å². The normalized spacial score (nSPS) is 9.33. The van der Waals surface area contributed by atoms with Gasteiger partial charge in [-0.1, -0.05) is 0 Å². The minimum atomic E-state index is -1.01. The summed E-state index contributed by atoms with van der Waals surface area (Å²) in [5.41, 5.74) is 0.137. The molecule has 0 aromatic carbocycles.